The fourth-order valence-electron chi connectivity index (χ4n) is 4.45. The average molecular weight is 531 g/mol. The van der Waals surface area contributed by atoms with E-state index in [9.17, 15) is 14.4 Å². The minimum absolute atomic E-state index is 0.0420. The molecule has 38 heavy (non-hydrogen) atoms. The van der Waals surface area contributed by atoms with Gasteiger partial charge in [-0.3, -0.25) is 25.2 Å². The molecule has 1 aromatic carbocycles. The van der Waals surface area contributed by atoms with E-state index in [-0.39, 0.29) is 23.8 Å². The molecular formula is C29H46N4O5. The Bertz CT molecular complexity index is 879. The average Bonchev–Trinajstić information content (AvgIpc) is 2.87. The number of nitrogens with zero attached hydrogens (tertiary/aromatic N) is 1. The Balaban J connectivity index is 1.62. The number of hydrogen-bond donors (Lipinski definition) is 3. The van der Waals surface area contributed by atoms with Gasteiger partial charge in [0.15, 0.2) is 0 Å². The first-order valence-corrected chi connectivity index (χ1v) is 14.1. The van der Waals surface area contributed by atoms with Crippen molar-refractivity contribution in [2.75, 3.05) is 31.6 Å². The van der Waals surface area contributed by atoms with Crippen LogP contribution in [0, 0.1) is 11.3 Å². The quantitative estimate of drug-likeness (QED) is 0.119. The number of alkyl carbamates (subject to hydrolysis) is 1. The highest BCUT2D eigenvalue weighted by Crippen LogP contribution is 2.22. The fourth-order valence-corrected chi connectivity index (χ4v) is 4.45. The van der Waals surface area contributed by atoms with Crippen molar-refractivity contribution in [3.8, 4) is 0 Å². The lowest BCUT2D eigenvalue weighted by Gasteiger charge is -2.31. The van der Waals surface area contributed by atoms with Crippen LogP contribution >= 0.6 is 0 Å². The number of rotatable bonds is 15. The van der Waals surface area contributed by atoms with E-state index < -0.39 is 6.09 Å². The van der Waals surface area contributed by atoms with Crippen molar-refractivity contribution < 1.29 is 23.9 Å². The van der Waals surface area contributed by atoms with Gasteiger partial charge in [-0.15, -0.1) is 0 Å². The van der Waals surface area contributed by atoms with E-state index in [1.54, 1.807) is 24.3 Å². The topological polar surface area (TPSA) is 121 Å². The summed E-state index contributed by atoms with van der Waals surface area (Å²) in [7, 11) is 0. The summed E-state index contributed by atoms with van der Waals surface area (Å²) in [6.07, 6.45) is 9.12. The third-order valence-corrected chi connectivity index (χ3v) is 6.62. The molecule has 1 aliphatic heterocycles. The van der Waals surface area contributed by atoms with Crippen LogP contribution in [-0.2, 0) is 19.1 Å². The second kappa shape index (κ2) is 17.5. The van der Waals surface area contributed by atoms with Crippen molar-refractivity contribution in [1.82, 2.24) is 10.2 Å². The molecule has 1 aromatic rings. The van der Waals surface area contributed by atoms with Gasteiger partial charge < -0.3 is 14.8 Å². The molecule has 0 radical (unpaired) electrons. The summed E-state index contributed by atoms with van der Waals surface area (Å²) in [5, 5.41) is 13.4. The van der Waals surface area contributed by atoms with Crippen LogP contribution in [0.5, 0.6) is 0 Å². The van der Waals surface area contributed by atoms with E-state index in [1.807, 2.05) is 13.8 Å². The van der Waals surface area contributed by atoms with Crippen molar-refractivity contribution in [1.29, 1.82) is 5.41 Å². The number of esters is 1. The minimum Gasteiger partial charge on any atom is -0.462 e. The molecule has 212 valence electrons. The first-order valence-electron chi connectivity index (χ1n) is 14.1. The summed E-state index contributed by atoms with van der Waals surface area (Å²) < 4.78 is 10.4. The number of carbonyl (C=O) groups is 3. The summed E-state index contributed by atoms with van der Waals surface area (Å²) in [5.41, 5.74) is 1.18. The highest BCUT2D eigenvalue weighted by atomic mass is 16.5. The van der Waals surface area contributed by atoms with E-state index in [2.05, 4.69) is 22.5 Å². The van der Waals surface area contributed by atoms with E-state index in [4.69, 9.17) is 14.9 Å². The molecule has 0 bridgehead atoms. The van der Waals surface area contributed by atoms with Crippen LogP contribution in [0.4, 0.5) is 10.5 Å². The van der Waals surface area contributed by atoms with Crippen LogP contribution in [0.3, 0.4) is 0 Å². The second-order valence-electron chi connectivity index (χ2n) is 10.3. The number of amidine groups is 1. The van der Waals surface area contributed by atoms with Crippen LogP contribution in [0.25, 0.3) is 0 Å². The van der Waals surface area contributed by atoms with E-state index in [1.165, 1.54) is 19.3 Å². The fraction of sp³-hybridized carbons (Fsp3) is 0.655. The Labute approximate surface area is 227 Å². The molecule has 0 unspecified atom stereocenters. The monoisotopic (exact) mass is 530 g/mol. The molecule has 0 spiro atoms. The number of unbranched alkanes of at least 4 members (excludes halogenated alkanes) is 5. The number of nitrogens with one attached hydrogen (secondary N) is 3. The highest BCUT2D eigenvalue weighted by molar-refractivity contribution is 6.04. The van der Waals surface area contributed by atoms with Crippen LogP contribution in [0.2, 0.25) is 0 Å². The maximum atomic E-state index is 12.4. The Hall–Kier alpha value is -2.94. The van der Waals surface area contributed by atoms with Gasteiger partial charge >= 0.3 is 12.1 Å². The zero-order valence-electron chi connectivity index (χ0n) is 23.4. The van der Waals surface area contributed by atoms with Crippen molar-refractivity contribution in [3.63, 3.8) is 0 Å². The van der Waals surface area contributed by atoms with Gasteiger partial charge in [0.1, 0.15) is 5.84 Å². The minimum atomic E-state index is -0.623. The number of likely N-dealkylation sites (tertiary alicyclic amines) is 1. The summed E-state index contributed by atoms with van der Waals surface area (Å²) in [6.45, 7) is 8.24. The van der Waals surface area contributed by atoms with Crippen molar-refractivity contribution in [2.45, 2.75) is 91.1 Å². The number of piperidine rings is 1. The normalized spacial score (nSPS) is 14.2. The Morgan fingerprint density at radius 2 is 1.68 bits per heavy atom. The van der Waals surface area contributed by atoms with E-state index >= 15 is 0 Å². The van der Waals surface area contributed by atoms with E-state index in [0.717, 1.165) is 51.6 Å². The predicted molar refractivity (Wildman–Crippen MR) is 149 cm³/mol. The molecule has 0 aliphatic carbocycles. The molecule has 0 aromatic heterocycles. The van der Waals surface area contributed by atoms with Gasteiger partial charge in [-0.1, -0.05) is 39.0 Å². The third-order valence-electron chi connectivity index (χ3n) is 6.62. The summed E-state index contributed by atoms with van der Waals surface area (Å²) >= 11 is 0. The second-order valence-corrected chi connectivity index (χ2v) is 10.3. The largest absolute Gasteiger partial charge is 0.462 e. The van der Waals surface area contributed by atoms with Crippen LogP contribution < -0.4 is 10.6 Å². The van der Waals surface area contributed by atoms with Crippen molar-refractivity contribution in [3.05, 3.63) is 29.8 Å². The first kappa shape index (κ1) is 31.3. The number of ether oxygens (including phenoxy) is 2. The van der Waals surface area contributed by atoms with Crippen molar-refractivity contribution in [2.24, 2.45) is 5.92 Å². The number of carbonyl (C=O) groups excluding carboxylic acids is 3. The summed E-state index contributed by atoms with van der Waals surface area (Å²) in [4.78, 5) is 38.3. The zero-order chi connectivity index (χ0) is 27.8. The number of hydrogen-bond acceptors (Lipinski definition) is 7. The Kier molecular flexibility index (Phi) is 14.4. The molecule has 9 nitrogen and oxygen atoms in total. The SMILES string of the molecule is CCCCCCCCOC(=O)NC(=N)c1ccc(NC(=O)CCC2CCN(CC(=O)OC(C)C)CC2)cc1. The highest BCUT2D eigenvalue weighted by Gasteiger charge is 2.22. The maximum Gasteiger partial charge on any atom is 0.412 e. The van der Waals surface area contributed by atoms with Gasteiger partial charge in [-0.2, -0.15) is 0 Å². The standard InChI is InChI=1S/C29H46N4O5/c1-4-5-6-7-8-9-20-37-29(36)32-28(30)24-11-13-25(14-12-24)31-26(34)15-10-23-16-18-33(19-17-23)21-27(35)38-22(2)3/h11-14,22-23H,4-10,15-21H2,1-3H3,(H,31,34)(H2,30,32,36). The molecule has 1 heterocycles. The molecule has 1 saturated heterocycles. The molecule has 0 atom stereocenters. The van der Waals surface area contributed by atoms with Crippen LogP contribution in [0.1, 0.15) is 90.5 Å². The molecule has 2 amide bonds. The van der Waals surface area contributed by atoms with Gasteiger partial charge in [-0.05, 0) is 82.8 Å². The lowest BCUT2D eigenvalue weighted by Crippen LogP contribution is -2.38. The zero-order valence-corrected chi connectivity index (χ0v) is 23.4. The van der Waals surface area contributed by atoms with Gasteiger partial charge in [-0.25, -0.2) is 4.79 Å². The van der Waals surface area contributed by atoms with Gasteiger partial charge in [0, 0.05) is 17.7 Å². The number of benzene rings is 1. The molecule has 3 N–H and O–H groups in total. The van der Waals surface area contributed by atoms with Crippen LogP contribution in [0.15, 0.2) is 24.3 Å². The smallest absolute Gasteiger partial charge is 0.412 e. The lowest BCUT2D eigenvalue weighted by atomic mass is 9.92. The van der Waals surface area contributed by atoms with E-state index in [0.29, 0.717) is 36.7 Å². The summed E-state index contributed by atoms with van der Waals surface area (Å²) in [5.74, 6) is 0.192. The third kappa shape index (κ3) is 13.0. The van der Waals surface area contributed by atoms with Gasteiger partial charge in [0.2, 0.25) is 5.91 Å². The number of anilines is 1. The summed E-state index contributed by atoms with van der Waals surface area (Å²) in [6, 6.07) is 6.82. The molecule has 1 aliphatic rings. The van der Waals surface area contributed by atoms with Crippen LogP contribution in [-0.4, -0.2) is 61.1 Å². The van der Waals surface area contributed by atoms with Gasteiger partial charge in [0.05, 0.1) is 19.3 Å². The van der Waals surface area contributed by atoms with Crippen molar-refractivity contribution >= 4 is 29.5 Å². The maximum absolute atomic E-state index is 12.4. The molecule has 0 saturated carbocycles. The molecule has 2 rings (SSSR count). The Morgan fingerprint density at radius 3 is 2.34 bits per heavy atom. The lowest BCUT2D eigenvalue weighted by molar-refractivity contribution is -0.149. The first-order chi connectivity index (χ1) is 18.3. The predicted octanol–water partition coefficient (Wildman–Crippen LogP) is 5.48. The molecular weight excluding hydrogens is 484 g/mol. The number of amides is 2. The molecule has 1 fully saturated rings. The molecule has 9 heteroatoms. The van der Waals surface area contributed by atoms with Gasteiger partial charge in [0.25, 0.3) is 0 Å². The Morgan fingerprint density at radius 1 is 1.03 bits per heavy atom.